The highest BCUT2D eigenvalue weighted by molar-refractivity contribution is 5.76. The lowest BCUT2D eigenvalue weighted by Crippen LogP contribution is -2.39. The number of aliphatic carboxylic acids is 1. The molecule has 18 heavy (non-hydrogen) atoms. The van der Waals surface area contributed by atoms with Crippen molar-refractivity contribution in [3.63, 3.8) is 0 Å². The van der Waals surface area contributed by atoms with Gasteiger partial charge in [0.1, 0.15) is 0 Å². The Morgan fingerprint density at radius 3 is 2.11 bits per heavy atom. The van der Waals surface area contributed by atoms with Crippen molar-refractivity contribution in [3.8, 4) is 0 Å². The fraction of sp³-hybridized carbons (Fsp3) is 0.846. The maximum atomic E-state index is 11.9. The van der Waals surface area contributed by atoms with E-state index in [1.54, 1.807) is 19.0 Å². The Kier molecular flexibility index (Phi) is 3.25. The Hall–Kier alpha value is -1.26. The number of hydrogen-bond donors (Lipinski definition) is 1. The fourth-order valence-electron chi connectivity index (χ4n) is 3.54. The molecule has 0 radical (unpaired) electrons. The van der Waals surface area contributed by atoms with Crippen LogP contribution in [0.1, 0.15) is 26.2 Å². The predicted molar refractivity (Wildman–Crippen MR) is 67.2 cm³/mol. The minimum absolute atomic E-state index is 0.0434. The molecule has 2 rings (SSSR count). The minimum Gasteiger partial charge on any atom is -0.481 e. The zero-order chi connectivity index (χ0) is 13.5. The van der Waals surface area contributed by atoms with Crippen molar-refractivity contribution in [1.29, 1.82) is 0 Å². The van der Waals surface area contributed by atoms with E-state index in [0.29, 0.717) is 18.3 Å². The fourth-order valence-corrected chi connectivity index (χ4v) is 3.54. The highest BCUT2D eigenvalue weighted by Crippen LogP contribution is 2.51. The van der Waals surface area contributed by atoms with Crippen LogP contribution >= 0.6 is 0 Å². The molecule has 0 bridgehead atoms. The van der Waals surface area contributed by atoms with Gasteiger partial charge in [-0.3, -0.25) is 4.79 Å². The molecule has 2 amide bonds. The van der Waals surface area contributed by atoms with E-state index >= 15 is 0 Å². The zero-order valence-corrected chi connectivity index (χ0v) is 11.3. The largest absolute Gasteiger partial charge is 0.481 e. The van der Waals surface area contributed by atoms with Crippen LogP contribution in [-0.2, 0) is 4.79 Å². The first kappa shape index (κ1) is 13.2. The quantitative estimate of drug-likeness (QED) is 0.812. The van der Waals surface area contributed by atoms with Crippen LogP contribution in [0.4, 0.5) is 4.79 Å². The first-order valence-corrected chi connectivity index (χ1v) is 6.59. The molecule has 0 spiro atoms. The molecule has 1 saturated carbocycles. The summed E-state index contributed by atoms with van der Waals surface area (Å²) in [6.07, 6.45) is 2.14. The van der Waals surface area contributed by atoms with Crippen molar-refractivity contribution in [3.05, 3.63) is 0 Å². The molecule has 5 nitrogen and oxygen atoms in total. The van der Waals surface area contributed by atoms with Crippen molar-refractivity contribution in [1.82, 2.24) is 9.80 Å². The van der Waals surface area contributed by atoms with Crippen LogP contribution in [-0.4, -0.2) is 54.1 Å². The molecule has 0 aromatic carbocycles. The standard InChI is InChI=1S/C13H22N2O3/c1-4-13(11(16)17)5-9-7-15(8-10(9)6-13)12(18)14(2)3/h9-10H,4-8H2,1-3H3,(H,16,17)/t9-,10+,13?. The van der Waals surface area contributed by atoms with Crippen molar-refractivity contribution < 1.29 is 14.7 Å². The Bertz CT molecular complexity index is 353. The van der Waals surface area contributed by atoms with E-state index in [1.165, 1.54) is 0 Å². The number of nitrogens with zero attached hydrogens (tertiary/aromatic N) is 2. The van der Waals surface area contributed by atoms with Crippen LogP contribution in [0.15, 0.2) is 0 Å². The third-order valence-corrected chi connectivity index (χ3v) is 4.67. The number of carboxylic acid groups (broad SMARTS) is 1. The highest BCUT2D eigenvalue weighted by Gasteiger charge is 2.52. The minimum atomic E-state index is -0.662. The smallest absolute Gasteiger partial charge is 0.319 e. The van der Waals surface area contributed by atoms with Gasteiger partial charge in [0.2, 0.25) is 0 Å². The maximum absolute atomic E-state index is 11.9. The lowest BCUT2D eigenvalue weighted by molar-refractivity contribution is -0.149. The summed E-state index contributed by atoms with van der Waals surface area (Å²) in [5.41, 5.74) is -0.539. The summed E-state index contributed by atoms with van der Waals surface area (Å²) in [4.78, 5) is 26.7. The molecule has 2 fully saturated rings. The van der Waals surface area contributed by atoms with Crippen molar-refractivity contribution >= 4 is 12.0 Å². The highest BCUT2D eigenvalue weighted by atomic mass is 16.4. The van der Waals surface area contributed by atoms with E-state index in [4.69, 9.17) is 0 Å². The molecular formula is C13H22N2O3. The Balaban J connectivity index is 2.03. The van der Waals surface area contributed by atoms with Gasteiger partial charge in [0, 0.05) is 27.2 Å². The van der Waals surface area contributed by atoms with Gasteiger partial charge < -0.3 is 14.9 Å². The SMILES string of the molecule is CCC1(C(=O)O)C[C@H]2CN(C(=O)N(C)C)C[C@H]2C1. The molecule has 1 unspecified atom stereocenters. The number of amides is 2. The molecule has 1 N–H and O–H groups in total. The Morgan fingerprint density at radius 1 is 1.28 bits per heavy atom. The van der Waals surface area contributed by atoms with Crippen molar-refractivity contribution in [2.24, 2.45) is 17.3 Å². The molecule has 1 aliphatic heterocycles. The number of rotatable bonds is 2. The molecule has 0 aromatic rings. The van der Waals surface area contributed by atoms with E-state index in [9.17, 15) is 14.7 Å². The van der Waals surface area contributed by atoms with E-state index in [2.05, 4.69) is 0 Å². The first-order chi connectivity index (χ1) is 8.39. The average molecular weight is 254 g/mol. The van der Waals surface area contributed by atoms with E-state index in [1.807, 2.05) is 11.8 Å². The Labute approximate surface area is 108 Å². The summed E-state index contributed by atoms with van der Waals surface area (Å²) >= 11 is 0. The van der Waals surface area contributed by atoms with Crippen LogP contribution in [0.5, 0.6) is 0 Å². The van der Waals surface area contributed by atoms with Gasteiger partial charge in [0.15, 0.2) is 0 Å². The molecule has 0 aromatic heterocycles. The Morgan fingerprint density at radius 2 is 1.78 bits per heavy atom. The lowest BCUT2D eigenvalue weighted by atomic mass is 9.82. The predicted octanol–water partition coefficient (Wildman–Crippen LogP) is 1.49. The molecule has 1 heterocycles. The lowest BCUT2D eigenvalue weighted by Gasteiger charge is -2.27. The summed E-state index contributed by atoms with van der Waals surface area (Å²) < 4.78 is 0. The average Bonchev–Trinajstić information content (AvgIpc) is 2.82. The van der Waals surface area contributed by atoms with E-state index in [0.717, 1.165) is 25.9 Å². The third-order valence-electron chi connectivity index (χ3n) is 4.67. The van der Waals surface area contributed by atoms with Gasteiger partial charge in [0.05, 0.1) is 5.41 Å². The second-order valence-corrected chi connectivity index (χ2v) is 5.95. The van der Waals surface area contributed by atoms with Crippen LogP contribution in [0.25, 0.3) is 0 Å². The van der Waals surface area contributed by atoms with Crippen LogP contribution < -0.4 is 0 Å². The van der Waals surface area contributed by atoms with Crippen LogP contribution in [0, 0.1) is 17.3 Å². The summed E-state index contributed by atoms with van der Waals surface area (Å²) in [5, 5.41) is 9.39. The number of urea groups is 1. The normalized spacial score (nSPS) is 34.5. The second kappa shape index (κ2) is 4.44. The molecule has 3 atom stereocenters. The zero-order valence-electron chi connectivity index (χ0n) is 11.3. The van der Waals surface area contributed by atoms with Gasteiger partial charge in [-0.25, -0.2) is 4.79 Å². The van der Waals surface area contributed by atoms with E-state index < -0.39 is 11.4 Å². The first-order valence-electron chi connectivity index (χ1n) is 6.59. The molecular weight excluding hydrogens is 232 g/mol. The number of hydrogen-bond acceptors (Lipinski definition) is 2. The summed E-state index contributed by atoms with van der Waals surface area (Å²) in [7, 11) is 3.51. The number of fused-ring (bicyclic) bond motifs is 1. The summed E-state index contributed by atoms with van der Waals surface area (Å²) in [6.45, 7) is 3.39. The van der Waals surface area contributed by atoms with Crippen molar-refractivity contribution in [2.45, 2.75) is 26.2 Å². The number of likely N-dealkylation sites (tertiary alicyclic amines) is 1. The second-order valence-electron chi connectivity index (χ2n) is 5.95. The topological polar surface area (TPSA) is 60.9 Å². The maximum Gasteiger partial charge on any atom is 0.319 e. The monoisotopic (exact) mass is 254 g/mol. The molecule has 1 saturated heterocycles. The van der Waals surface area contributed by atoms with Gasteiger partial charge >= 0.3 is 12.0 Å². The van der Waals surface area contributed by atoms with E-state index in [-0.39, 0.29) is 6.03 Å². The third kappa shape index (κ3) is 1.95. The van der Waals surface area contributed by atoms with Crippen LogP contribution in [0.2, 0.25) is 0 Å². The molecule has 102 valence electrons. The number of carbonyl (C=O) groups excluding carboxylic acids is 1. The van der Waals surface area contributed by atoms with Gasteiger partial charge in [-0.05, 0) is 31.1 Å². The molecule has 1 aliphatic carbocycles. The van der Waals surface area contributed by atoms with Gasteiger partial charge in [-0.2, -0.15) is 0 Å². The molecule has 2 aliphatic rings. The van der Waals surface area contributed by atoms with Gasteiger partial charge in [-0.1, -0.05) is 6.92 Å². The number of carboxylic acids is 1. The van der Waals surface area contributed by atoms with Crippen molar-refractivity contribution in [2.75, 3.05) is 27.2 Å². The van der Waals surface area contributed by atoms with Crippen LogP contribution in [0.3, 0.4) is 0 Å². The van der Waals surface area contributed by atoms with Gasteiger partial charge in [-0.15, -0.1) is 0 Å². The molecule has 5 heteroatoms. The van der Waals surface area contributed by atoms with Gasteiger partial charge in [0.25, 0.3) is 0 Å². The summed E-state index contributed by atoms with van der Waals surface area (Å²) in [6, 6.07) is 0.0434. The number of carbonyl (C=O) groups is 2. The summed E-state index contributed by atoms with van der Waals surface area (Å²) in [5.74, 6) is 0.0692.